The summed E-state index contributed by atoms with van der Waals surface area (Å²) in [6, 6.07) is 6.37. The first-order valence-corrected chi connectivity index (χ1v) is 8.52. The monoisotopic (exact) mass is 368 g/mol. The van der Waals surface area contributed by atoms with Gasteiger partial charge in [0.25, 0.3) is 0 Å². The maximum Gasteiger partial charge on any atom is 0.173 e. The number of ether oxygens (including phenoxy) is 1. The van der Waals surface area contributed by atoms with Gasteiger partial charge in [0.05, 0.1) is 12.6 Å². The maximum absolute atomic E-state index is 13.2. The minimum absolute atomic E-state index is 0.200. The van der Waals surface area contributed by atoms with Crippen molar-refractivity contribution in [2.24, 2.45) is 0 Å². The zero-order valence-electron chi connectivity index (χ0n) is 13.0. The number of rotatable bonds is 5. The van der Waals surface area contributed by atoms with Gasteiger partial charge in [0.15, 0.2) is 10.9 Å². The number of nitrogens with zero attached hydrogens (tertiary/aromatic N) is 2. The van der Waals surface area contributed by atoms with E-state index in [9.17, 15) is 4.39 Å². The third kappa shape index (κ3) is 4.66. The number of halogens is 2. The zero-order chi connectivity index (χ0) is 16.9. The maximum atomic E-state index is 13.2. The first-order valence-electron chi connectivity index (χ1n) is 7.74. The van der Waals surface area contributed by atoms with Crippen LogP contribution >= 0.6 is 23.8 Å². The zero-order valence-corrected chi connectivity index (χ0v) is 14.5. The molecule has 128 valence electrons. The SMILES string of the molecule is Fc1cccc(Cn2cc(Cl)c(NC(=S)NCC3CCCO3)n2)c1. The molecule has 2 aromatic rings. The van der Waals surface area contributed by atoms with Crippen LogP contribution in [0.4, 0.5) is 10.2 Å². The highest BCUT2D eigenvalue weighted by Gasteiger charge is 2.16. The number of nitrogens with one attached hydrogen (secondary N) is 2. The van der Waals surface area contributed by atoms with Gasteiger partial charge in [-0.1, -0.05) is 23.7 Å². The van der Waals surface area contributed by atoms with Gasteiger partial charge >= 0.3 is 0 Å². The van der Waals surface area contributed by atoms with E-state index in [1.165, 1.54) is 12.1 Å². The first kappa shape index (κ1) is 17.1. The molecule has 24 heavy (non-hydrogen) atoms. The van der Waals surface area contributed by atoms with Gasteiger partial charge in [0.2, 0.25) is 0 Å². The molecule has 1 aromatic heterocycles. The van der Waals surface area contributed by atoms with Crippen molar-refractivity contribution >= 4 is 34.7 Å². The summed E-state index contributed by atoms with van der Waals surface area (Å²) in [6.45, 7) is 1.89. The molecule has 1 aromatic carbocycles. The molecule has 1 aliphatic rings. The van der Waals surface area contributed by atoms with E-state index in [0.29, 0.717) is 29.0 Å². The summed E-state index contributed by atoms with van der Waals surface area (Å²) in [7, 11) is 0. The van der Waals surface area contributed by atoms with Gasteiger partial charge in [-0.2, -0.15) is 5.10 Å². The molecular formula is C16H18ClFN4OS. The highest BCUT2D eigenvalue weighted by molar-refractivity contribution is 7.80. The summed E-state index contributed by atoms with van der Waals surface area (Å²) in [6.07, 6.45) is 4.00. The van der Waals surface area contributed by atoms with Crippen molar-refractivity contribution in [1.82, 2.24) is 15.1 Å². The van der Waals surface area contributed by atoms with Gasteiger partial charge in [-0.15, -0.1) is 0 Å². The van der Waals surface area contributed by atoms with E-state index in [-0.39, 0.29) is 11.9 Å². The summed E-state index contributed by atoms with van der Waals surface area (Å²) < 4.78 is 20.4. The second kappa shape index (κ2) is 7.92. The Kier molecular flexibility index (Phi) is 5.65. The minimum atomic E-state index is -0.274. The van der Waals surface area contributed by atoms with Crippen molar-refractivity contribution in [1.29, 1.82) is 0 Å². The lowest BCUT2D eigenvalue weighted by molar-refractivity contribution is 0.114. The van der Waals surface area contributed by atoms with Crippen LogP contribution in [0, 0.1) is 5.82 Å². The van der Waals surface area contributed by atoms with E-state index < -0.39 is 0 Å². The van der Waals surface area contributed by atoms with Crippen LogP contribution in [-0.4, -0.2) is 34.1 Å². The normalized spacial score (nSPS) is 17.0. The summed E-state index contributed by atoms with van der Waals surface area (Å²) in [4.78, 5) is 0. The molecule has 0 radical (unpaired) electrons. The lowest BCUT2D eigenvalue weighted by Crippen LogP contribution is -2.35. The van der Waals surface area contributed by atoms with Crippen LogP contribution in [0.25, 0.3) is 0 Å². The van der Waals surface area contributed by atoms with Crippen molar-refractivity contribution in [2.75, 3.05) is 18.5 Å². The second-order valence-electron chi connectivity index (χ2n) is 5.62. The predicted molar refractivity (Wildman–Crippen MR) is 95.9 cm³/mol. The van der Waals surface area contributed by atoms with Crippen molar-refractivity contribution in [2.45, 2.75) is 25.5 Å². The van der Waals surface area contributed by atoms with Crippen LogP contribution in [-0.2, 0) is 11.3 Å². The van der Waals surface area contributed by atoms with Crippen molar-refractivity contribution in [3.05, 3.63) is 46.9 Å². The minimum Gasteiger partial charge on any atom is -0.376 e. The van der Waals surface area contributed by atoms with E-state index in [1.54, 1.807) is 16.9 Å². The molecule has 0 amide bonds. The molecular weight excluding hydrogens is 351 g/mol. The van der Waals surface area contributed by atoms with Crippen molar-refractivity contribution < 1.29 is 9.13 Å². The van der Waals surface area contributed by atoms with Gasteiger partial charge < -0.3 is 15.4 Å². The Balaban J connectivity index is 1.56. The van der Waals surface area contributed by atoms with Crippen LogP contribution in [0.1, 0.15) is 18.4 Å². The Morgan fingerprint density at radius 3 is 3.12 bits per heavy atom. The smallest absolute Gasteiger partial charge is 0.173 e. The molecule has 1 saturated heterocycles. The molecule has 1 aliphatic heterocycles. The van der Waals surface area contributed by atoms with Crippen LogP contribution in [0.2, 0.25) is 5.02 Å². The van der Waals surface area contributed by atoms with Crippen LogP contribution in [0.3, 0.4) is 0 Å². The molecule has 0 saturated carbocycles. The molecule has 1 unspecified atom stereocenters. The summed E-state index contributed by atoms with van der Waals surface area (Å²) in [5.41, 5.74) is 0.805. The van der Waals surface area contributed by atoms with Gasteiger partial charge in [-0.3, -0.25) is 4.68 Å². The number of benzene rings is 1. The number of anilines is 1. The van der Waals surface area contributed by atoms with Crippen LogP contribution < -0.4 is 10.6 Å². The Labute approximate surface area is 150 Å². The van der Waals surface area contributed by atoms with Crippen LogP contribution in [0.5, 0.6) is 0 Å². The summed E-state index contributed by atoms with van der Waals surface area (Å²) >= 11 is 11.4. The van der Waals surface area contributed by atoms with Gasteiger partial charge in [0, 0.05) is 19.3 Å². The number of hydrogen-bond acceptors (Lipinski definition) is 3. The molecule has 0 bridgehead atoms. The molecule has 1 atom stereocenters. The molecule has 1 fully saturated rings. The molecule has 2 N–H and O–H groups in total. The predicted octanol–water partition coefficient (Wildman–Crippen LogP) is 3.19. The average molecular weight is 369 g/mol. The Hall–Kier alpha value is -1.70. The van der Waals surface area contributed by atoms with E-state index in [0.717, 1.165) is 25.0 Å². The highest BCUT2D eigenvalue weighted by atomic mass is 35.5. The fraction of sp³-hybridized carbons (Fsp3) is 0.375. The lowest BCUT2D eigenvalue weighted by atomic mass is 10.2. The van der Waals surface area contributed by atoms with Gasteiger partial charge in [-0.05, 0) is 42.8 Å². The Morgan fingerprint density at radius 1 is 1.50 bits per heavy atom. The molecule has 2 heterocycles. The summed E-state index contributed by atoms with van der Waals surface area (Å²) in [5.74, 6) is 0.196. The fourth-order valence-corrected chi connectivity index (χ4v) is 2.93. The van der Waals surface area contributed by atoms with E-state index in [2.05, 4.69) is 15.7 Å². The second-order valence-corrected chi connectivity index (χ2v) is 6.44. The number of thiocarbonyl (C=S) groups is 1. The van der Waals surface area contributed by atoms with Crippen molar-refractivity contribution in [3.8, 4) is 0 Å². The molecule has 3 rings (SSSR count). The highest BCUT2D eigenvalue weighted by Crippen LogP contribution is 2.20. The standard InChI is InChI=1S/C16H18ClFN4OS/c17-14-10-22(9-11-3-1-4-12(18)7-11)21-15(14)20-16(24)19-8-13-5-2-6-23-13/h1,3-4,7,10,13H,2,5-6,8-9H2,(H2,19,20,21,24). The van der Waals surface area contributed by atoms with E-state index in [1.807, 2.05) is 6.07 Å². The Bertz CT molecular complexity index is 718. The fourth-order valence-electron chi connectivity index (χ4n) is 2.55. The molecule has 5 nitrogen and oxygen atoms in total. The number of aromatic nitrogens is 2. The number of hydrogen-bond donors (Lipinski definition) is 2. The molecule has 0 aliphatic carbocycles. The molecule has 8 heteroatoms. The van der Waals surface area contributed by atoms with E-state index >= 15 is 0 Å². The lowest BCUT2D eigenvalue weighted by Gasteiger charge is -2.13. The Morgan fingerprint density at radius 2 is 2.38 bits per heavy atom. The average Bonchev–Trinajstić information content (AvgIpc) is 3.16. The third-order valence-electron chi connectivity index (χ3n) is 3.70. The topological polar surface area (TPSA) is 51.1 Å². The van der Waals surface area contributed by atoms with E-state index in [4.69, 9.17) is 28.6 Å². The van der Waals surface area contributed by atoms with Gasteiger partial charge in [0.1, 0.15) is 10.8 Å². The molecule has 0 spiro atoms. The van der Waals surface area contributed by atoms with Gasteiger partial charge in [-0.25, -0.2) is 4.39 Å². The third-order valence-corrected chi connectivity index (χ3v) is 4.22. The largest absolute Gasteiger partial charge is 0.376 e. The quantitative estimate of drug-likeness (QED) is 0.794. The first-order chi connectivity index (χ1) is 11.6. The summed E-state index contributed by atoms with van der Waals surface area (Å²) in [5, 5.41) is 11.3. The van der Waals surface area contributed by atoms with Crippen LogP contribution in [0.15, 0.2) is 30.5 Å². The van der Waals surface area contributed by atoms with Crippen molar-refractivity contribution in [3.63, 3.8) is 0 Å².